The molecule has 1 aliphatic rings. The minimum atomic E-state index is 0.116. The highest BCUT2D eigenvalue weighted by Gasteiger charge is 2.21. The topological polar surface area (TPSA) is 41.6 Å². The summed E-state index contributed by atoms with van der Waals surface area (Å²) in [6.07, 6.45) is 2.53. The third-order valence-corrected chi connectivity index (χ3v) is 3.39. The number of benzene rings is 1. The van der Waals surface area contributed by atoms with Crippen molar-refractivity contribution in [3.8, 4) is 5.75 Å². The smallest absolute Gasteiger partial charge is 0.234 e. The zero-order valence-corrected chi connectivity index (χ0v) is 12.4. The second-order valence-electron chi connectivity index (χ2n) is 5.50. The molecule has 0 saturated heterocycles. The van der Waals surface area contributed by atoms with E-state index in [4.69, 9.17) is 4.74 Å². The molecule has 0 heterocycles. The Morgan fingerprint density at radius 1 is 1.35 bits per heavy atom. The minimum Gasteiger partial charge on any atom is -0.494 e. The summed E-state index contributed by atoms with van der Waals surface area (Å²) in [4.78, 5) is 13.8. The van der Waals surface area contributed by atoms with Crippen LogP contribution in [0.4, 0.5) is 0 Å². The Morgan fingerprint density at radius 2 is 2.05 bits per heavy atom. The zero-order chi connectivity index (χ0) is 14.4. The predicted molar refractivity (Wildman–Crippen MR) is 79.7 cm³/mol. The van der Waals surface area contributed by atoms with E-state index in [0.717, 1.165) is 24.8 Å². The maximum atomic E-state index is 11.7. The molecule has 1 aromatic carbocycles. The number of rotatable bonds is 8. The fourth-order valence-corrected chi connectivity index (χ4v) is 2.11. The lowest BCUT2D eigenvalue weighted by Crippen LogP contribution is -2.35. The SMILES string of the molecule is CCOc1ccc(CN(C)CC(=O)NCC2CC2)cc1. The van der Waals surface area contributed by atoms with E-state index in [1.165, 1.54) is 18.4 Å². The molecule has 0 aromatic heterocycles. The number of hydrogen-bond donors (Lipinski definition) is 1. The summed E-state index contributed by atoms with van der Waals surface area (Å²) in [6, 6.07) is 8.03. The van der Waals surface area contributed by atoms with Gasteiger partial charge in [-0.3, -0.25) is 9.69 Å². The average molecular weight is 276 g/mol. The summed E-state index contributed by atoms with van der Waals surface area (Å²) in [5.41, 5.74) is 1.19. The van der Waals surface area contributed by atoms with Crippen LogP contribution in [0.3, 0.4) is 0 Å². The lowest BCUT2D eigenvalue weighted by atomic mass is 10.2. The lowest BCUT2D eigenvalue weighted by Gasteiger charge is -2.16. The standard InChI is InChI=1S/C16H24N2O2/c1-3-20-15-8-6-14(7-9-15)11-18(2)12-16(19)17-10-13-4-5-13/h6-9,13H,3-5,10-12H2,1-2H3,(H,17,19). The second kappa shape index (κ2) is 7.29. The Morgan fingerprint density at radius 3 is 2.65 bits per heavy atom. The maximum absolute atomic E-state index is 11.7. The van der Waals surface area contributed by atoms with Gasteiger partial charge in [0.2, 0.25) is 5.91 Å². The van der Waals surface area contributed by atoms with Crippen LogP contribution in [0.5, 0.6) is 5.75 Å². The Bertz CT molecular complexity index is 427. The lowest BCUT2D eigenvalue weighted by molar-refractivity contribution is -0.122. The summed E-state index contributed by atoms with van der Waals surface area (Å²) in [5, 5.41) is 2.99. The first-order valence-electron chi connectivity index (χ1n) is 7.34. The van der Waals surface area contributed by atoms with E-state index in [0.29, 0.717) is 13.2 Å². The van der Waals surface area contributed by atoms with Crippen molar-refractivity contribution in [1.82, 2.24) is 10.2 Å². The van der Waals surface area contributed by atoms with Gasteiger partial charge in [0.1, 0.15) is 5.75 Å². The van der Waals surface area contributed by atoms with Crippen molar-refractivity contribution in [3.05, 3.63) is 29.8 Å². The molecule has 0 spiro atoms. The first-order valence-corrected chi connectivity index (χ1v) is 7.34. The molecule has 4 nitrogen and oxygen atoms in total. The maximum Gasteiger partial charge on any atom is 0.234 e. The van der Waals surface area contributed by atoms with Gasteiger partial charge in [-0.05, 0) is 50.4 Å². The van der Waals surface area contributed by atoms with Gasteiger partial charge in [0, 0.05) is 13.1 Å². The summed E-state index contributed by atoms with van der Waals surface area (Å²) in [7, 11) is 1.97. The average Bonchev–Trinajstić information content (AvgIpc) is 3.23. The van der Waals surface area contributed by atoms with Crippen LogP contribution in [-0.2, 0) is 11.3 Å². The Labute approximate surface area is 121 Å². The summed E-state index contributed by atoms with van der Waals surface area (Å²) in [6.45, 7) is 4.71. The number of carbonyl (C=O) groups is 1. The quantitative estimate of drug-likeness (QED) is 0.790. The number of likely N-dealkylation sites (N-methyl/N-ethyl adjacent to an activating group) is 1. The molecule has 0 unspecified atom stereocenters. The molecule has 4 heteroatoms. The van der Waals surface area contributed by atoms with Crippen LogP contribution in [0.2, 0.25) is 0 Å². The Kier molecular flexibility index (Phi) is 5.41. The largest absolute Gasteiger partial charge is 0.494 e. The highest BCUT2D eigenvalue weighted by Crippen LogP contribution is 2.27. The normalized spacial score (nSPS) is 14.3. The van der Waals surface area contributed by atoms with Gasteiger partial charge in [-0.25, -0.2) is 0 Å². The van der Waals surface area contributed by atoms with Crippen LogP contribution >= 0.6 is 0 Å². The number of nitrogens with zero attached hydrogens (tertiary/aromatic N) is 1. The van der Waals surface area contributed by atoms with Gasteiger partial charge in [0.05, 0.1) is 13.2 Å². The highest BCUT2D eigenvalue weighted by molar-refractivity contribution is 5.78. The molecule has 0 radical (unpaired) electrons. The van der Waals surface area contributed by atoms with Crippen molar-refractivity contribution in [2.75, 3.05) is 26.7 Å². The molecular weight excluding hydrogens is 252 g/mol. The molecular formula is C16H24N2O2. The van der Waals surface area contributed by atoms with Gasteiger partial charge >= 0.3 is 0 Å². The van der Waals surface area contributed by atoms with E-state index in [1.807, 2.05) is 43.1 Å². The van der Waals surface area contributed by atoms with Gasteiger partial charge in [0.25, 0.3) is 0 Å². The monoisotopic (exact) mass is 276 g/mol. The van der Waals surface area contributed by atoms with Crippen LogP contribution < -0.4 is 10.1 Å². The minimum absolute atomic E-state index is 0.116. The molecule has 0 aliphatic heterocycles. The first kappa shape index (κ1) is 14.9. The van der Waals surface area contributed by atoms with Crippen LogP contribution in [0.15, 0.2) is 24.3 Å². The number of ether oxygens (including phenoxy) is 1. The summed E-state index contributed by atoms with van der Waals surface area (Å²) in [5.74, 6) is 1.74. The summed E-state index contributed by atoms with van der Waals surface area (Å²) >= 11 is 0. The van der Waals surface area contributed by atoms with E-state index in [9.17, 15) is 4.79 Å². The van der Waals surface area contributed by atoms with Gasteiger partial charge in [-0.15, -0.1) is 0 Å². The van der Waals surface area contributed by atoms with Crippen LogP contribution in [0, 0.1) is 5.92 Å². The van der Waals surface area contributed by atoms with Crippen LogP contribution in [-0.4, -0.2) is 37.6 Å². The summed E-state index contributed by atoms with van der Waals surface area (Å²) < 4.78 is 5.41. The van der Waals surface area contributed by atoms with Crippen molar-refractivity contribution in [2.45, 2.75) is 26.3 Å². The number of amides is 1. The van der Waals surface area contributed by atoms with Crippen molar-refractivity contribution >= 4 is 5.91 Å². The van der Waals surface area contributed by atoms with Crippen molar-refractivity contribution < 1.29 is 9.53 Å². The molecule has 1 fully saturated rings. The molecule has 1 aromatic rings. The van der Waals surface area contributed by atoms with Crippen molar-refractivity contribution in [2.24, 2.45) is 5.92 Å². The van der Waals surface area contributed by atoms with Crippen molar-refractivity contribution in [3.63, 3.8) is 0 Å². The fourth-order valence-electron chi connectivity index (χ4n) is 2.11. The third kappa shape index (κ3) is 5.21. The molecule has 20 heavy (non-hydrogen) atoms. The third-order valence-electron chi connectivity index (χ3n) is 3.39. The Hall–Kier alpha value is -1.55. The predicted octanol–water partition coefficient (Wildman–Crippen LogP) is 2.04. The second-order valence-corrected chi connectivity index (χ2v) is 5.50. The highest BCUT2D eigenvalue weighted by atomic mass is 16.5. The van der Waals surface area contributed by atoms with Gasteiger partial charge in [-0.2, -0.15) is 0 Å². The molecule has 1 aliphatic carbocycles. The first-order chi connectivity index (χ1) is 9.67. The van der Waals surface area contributed by atoms with Crippen molar-refractivity contribution in [1.29, 1.82) is 0 Å². The van der Waals surface area contributed by atoms with E-state index >= 15 is 0 Å². The molecule has 0 atom stereocenters. The van der Waals surface area contributed by atoms with Gasteiger partial charge in [-0.1, -0.05) is 12.1 Å². The van der Waals surface area contributed by atoms with Gasteiger partial charge < -0.3 is 10.1 Å². The van der Waals surface area contributed by atoms with E-state index in [1.54, 1.807) is 0 Å². The molecule has 110 valence electrons. The van der Waals surface area contributed by atoms with E-state index in [-0.39, 0.29) is 5.91 Å². The number of nitrogens with one attached hydrogen (secondary N) is 1. The molecule has 1 saturated carbocycles. The molecule has 1 amide bonds. The molecule has 2 rings (SSSR count). The molecule has 1 N–H and O–H groups in total. The zero-order valence-electron chi connectivity index (χ0n) is 12.4. The Balaban J connectivity index is 1.71. The number of hydrogen-bond acceptors (Lipinski definition) is 3. The van der Waals surface area contributed by atoms with Crippen LogP contribution in [0.25, 0.3) is 0 Å². The fraction of sp³-hybridized carbons (Fsp3) is 0.562. The van der Waals surface area contributed by atoms with E-state index < -0.39 is 0 Å². The van der Waals surface area contributed by atoms with Gasteiger partial charge in [0.15, 0.2) is 0 Å². The molecule has 0 bridgehead atoms. The van der Waals surface area contributed by atoms with E-state index in [2.05, 4.69) is 5.32 Å². The number of carbonyl (C=O) groups excluding carboxylic acids is 1. The van der Waals surface area contributed by atoms with Crippen LogP contribution in [0.1, 0.15) is 25.3 Å².